The van der Waals surface area contributed by atoms with Crippen molar-refractivity contribution < 1.29 is 4.42 Å². The van der Waals surface area contributed by atoms with Crippen molar-refractivity contribution in [2.45, 2.75) is 12.8 Å². The van der Waals surface area contributed by atoms with Gasteiger partial charge >= 0.3 is 0 Å². The molecule has 0 N–H and O–H groups in total. The molecular weight excluding hydrogens is 709 g/mol. The van der Waals surface area contributed by atoms with E-state index < -0.39 is 0 Å². The molecule has 1 aliphatic carbocycles. The van der Waals surface area contributed by atoms with E-state index in [4.69, 9.17) is 19.4 Å². The first-order chi connectivity index (χ1) is 28.8. The largest absolute Gasteiger partial charge is 0.454 e. The van der Waals surface area contributed by atoms with Crippen molar-refractivity contribution in [3.8, 4) is 62.1 Å². The van der Waals surface area contributed by atoms with Gasteiger partial charge in [-0.1, -0.05) is 164 Å². The smallest absolute Gasteiger partial charge is 0.238 e. The first-order valence-corrected chi connectivity index (χ1v) is 19.8. The zero-order valence-electron chi connectivity index (χ0n) is 31.4. The van der Waals surface area contributed by atoms with E-state index in [-0.39, 0.29) is 0 Å². The molecule has 0 saturated heterocycles. The minimum atomic E-state index is 0.529. The van der Waals surface area contributed by atoms with Crippen LogP contribution in [0.3, 0.4) is 0 Å². The summed E-state index contributed by atoms with van der Waals surface area (Å²) in [6.07, 6.45) is 1.85. The summed E-state index contributed by atoms with van der Waals surface area (Å²) >= 11 is 0. The summed E-state index contributed by atoms with van der Waals surface area (Å²) in [6, 6.07) is 64.3. The molecule has 0 amide bonds. The second-order valence-electron chi connectivity index (χ2n) is 15.0. The average molecular weight is 743 g/mol. The third-order valence-corrected chi connectivity index (χ3v) is 11.8. The zero-order valence-corrected chi connectivity index (χ0v) is 31.4. The number of furan rings is 1. The molecule has 5 nitrogen and oxygen atoms in total. The van der Waals surface area contributed by atoms with Crippen LogP contribution in [0, 0.1) is 0 Å². The second-order valence-corrected chi connectivity index (χ2v) is 15.0. The number of hydrogen-bond acceptors (Lipinski definition) is 4. The number of benzene rings is 8. The highest BCUT2D eigenvalue weighted by Crippen LogP contribution is 2.52. The lowest BCUT2D eigenvalue weighted by atomic mass is 9.83. The minimum absolute atomic E-state index is 0.529. The van der Waals surface area contributed by atoms with Crippen molar-refractivity contribution in [1.29, 1.82) is 0 Å². The van der Waals surface area contributed by atoms with Crippen molar-refractivity contribution in [2.75, 3.05) is 0 Å². The van der Waals surface area contributed by atoms with Crippen molar-refractivity contribution in [3.63, 3.8) is 0 Å². The second kappa shape index (κ2) is 13.0. The molecule has 12 rings (SSSR count). The molecule has 0 atom stereocenters. The molecule has 2 bridgehead atoms. The molecular formula is C53H34N4O. The van der Waals surface area contributed by atoms with Gasteiger partial charge in [0, 0.05) is 38.2 Å². The Kier molecular flexibility index (Phi) is 7.29. The summed E-state index contributed by atoms with van der Waals surface area (Å²) in [7, 11) is 0. The molecule has 1 aliphatic rings. The van der Waals surface area contributed by atoms with E-state index in [1.807, 2.05) is 48.5 Å². The van der Waals surface area contributed by atoms with Gasteiger partial charge in [-0.25, -0.2) is 4.98 Å². The predicted molar refractivity (Wildman–Crippen MR) is 236 cm³/mol. The molecule has 0 unspecified atom stereocenters. The maximum Gasteiger partial charge on any atom is 0.238 e. The summed E-state index contributed by atoms with van der Waals surface area (Å²) < 4.78 is 9.18. The van der Waals surface area contributed by atoms with E-state index in [1.165, 1.54) is 44.5 Å². The van der Waals surface area contributed by atoms with Crippen LogP contribution < -0.4 is 0 Å². The van der Waals surface area contributed by atoms with Crippen LogP contribution in [-0.4, -0.2) is 19.5 Å². The Morgan fingerprint density at radius 3 is 1.67 bits per heavy atom. The number of aromatic nitrogens is 4. The third-order valence-electron chi connectivity index (χ3n) is 11.8. The number of aryl methyl sites for hydroxylation is 2. The molecule has 5 heteroatoms. The zero-order chi connectivity index (χ0) is 38.2. The van der Waals surface area contributed by atoms with Gasteiger partial charge in [-0.3, -0.25) is 4.57 Å². The van der Waals surface area contributed by atoms with Gasteiger partial charge in [0.15, 0.2) is 17.2 Å². The highest BCUT2D eigenvalue weighted by molar-refractivity contribution is 6.27. The highest BCUT2D eigenvalue weighted by atomic mass is 16.3. The molecule has 0 fully saturated rings. The Morgan fingerprint density at radius 1 is 0.431 bits per heavy atom. The highest BCUT2D eigenvalue weighted by Gasteiger charge is 2.29. The predicted octanol–water partition coefficient (Wildman–Crippen LogP) is 13.3. The monoisotopic (exact) mass is 742 g/mol. The summed E-state index contributed by atoms with van der Waals surface area (Å²) in [4.78, 5) is 15.8. The number of nitrogens with zero attached hydrogens (tertiary/aromatic N) is 4. The molecule has 11 aromatic rings. The van der Waals surface area contributed by atoms with Gasteiger partial charge in [0.25, 0.3) is 0 Å². The first-order valence-electron chi connectivity index (χ1n) is 19.8. The van der Waals surface area contributed by atoms with Crippen molar-refractivity contribution in [2.24, 2.45) is 0 Å². The fourth-order valence-corrected chi connectivity index (χ4v) is 9.18. The van der Waals surface area contributed by atoms with Crippen LogP contribution in [0.5, 0.6) is 0 Å². The molecule has 0 saturated carbocycles. The van der Waals surface area contributed by atoms with Crippen LogP contribution in [0.1, 0.15) is 11.1 Å². The Morgan fingerprint density at radius 2 is 0.983 bits per heavy atom. The van der Waals surface area contributed by atoms with Crippen LogP contribution in [-0.2, 0) is 12.8 Å². The molecule has 0 radical (unpaired) electrons. The molecule has 272 valence electrons. The average Bonchev–Trinajstić information content (AvgIpc) is 3.85. The number of fused-ring (bicyclic) bond motifs is 14. The summed E-state index contributed by atoms with van der Waals surface area (Å²) in [5.41, 5.74) is 15.3. The lowest BCUT2D eigenvalue weighted by Crippen LogP contribution is -2.07. The quantitative estimate of drug-likeness (QED) is 0.180. The molecule has 8 aromatic carbocycles. The third kappa shape index (κ3) is 5.00. The van der Waals surface area contributed by atoms with E-state index in [0.717, 1.165) is 67.7 Å². The lowest BCUT2D eigenvalue weighted by Gasteiger charge is -2.20. The van der Waals surface area contributed by atoms with Gasteiger partial charge in [-0.05, 0) is 70.0 Å². The van der Waals surface area contributed by atoms with Crippen LogP contribution in [0.15, 0.2) is 186 Å². The Bertz CT molecular complexity index is 3330. The fourth-order valence-electron chi connectivity index (χ4n) is 9.18. The molecule has 58 heavy (non-hydrogen) atoms. The summed E-state index contributed by atoms with van der Waals surface area (Å²) in [5.74, 6) is 1.74. The van der Waals surface area contributed by atoms with E-state index >= 15 is 0 Å². The van der Waals surface area contributed by atoms with Crippen LogP contribution in [0.25, 0.3) is 106 Å². The van der Waals surface area contributed by atoms with Crippen LogP contribution >= 0.6 is 0 Å². The van der Waals surface area contributed by atoms with Gasteiger partial charge < -0.3 is 4.42 Å². The summed E-state index contributed by atoms with van der Waals surface area (Å²) in [6.45, 7) is 0. The van der Waals surface area contributed by atoms with Crippen LogP contribution in [0.4, 0.5) is 0 Å². The van der Waals surface area contributed by atoms with Gasteiger partial charge in [0.05, 0.1) is 5.52 Å². The topological polar surface area (TPSA) is 56.7 Å². The van der Waals surface area contributed by atoms with E-state index in [2.05, 4.69) is 138 Å². The van der Waals surface area contributed by atoms with Gasteiger partial charge in [0.2, 0.25) is 5.95 Å². The maximum absolute atomic E-state index is 6.92. The Labute approximate surface area is 334 Å². The summed E-state index contributed by atoms with van der Waals surface area (Å²) in [5, 5.41) is 4.33. The van der Waals surface area contributed by atoms with E-state index in [1.54, 1.807) is 0 Å². The van der Waals surface area contributed by atoms with Gasteiger partial charge in [-0.2, -0.15) is 9.97 Å². The number of hydrogen-bond donors (Lipinski definition) is 0. The normalized spacial score (nSPS) is 12.3. The molecule has 3 aromatic heterocycles. The van der Waals surface area contributed by atoms with Crippen molar-refractivity contribution in [3.05, 3.63) is 193 Å². The standard InChI is InChI=1S/C53H34N4O/c1-4-18-35(19-5-1)46-43-32-44-47(48(46)39-25-13-11-17-34(39)29-28-33-16-10-12-24-38(33)43)42-31-30-41-40-26-14-15-27-45(40)58-50(41)49(42)57(44)53-55-51(36-20-6-2-7-21-36)54-52(56-53)37-22-8-3-9-23-37/h1-27,30-32H,28-29H2. The number of rotatable bonds is 4. The lowest BCUT2D eigenvalue weighted by molar-refractivity contribution is 0.670. The van der Waals surface area contributed by atoms with E-state index in [0.29, 0.717) is 17.6 Å². The van der Waals surface area contributed by atoms with Gasteiger partial charge in [0.1, 0.15) is 11.1 Å². The van der Waals surface area contributed by atoms with E-state index in [9.17, 15) is 0 Å². The Hall–Kier alpha value is -7.63. The van der Waals surface area contributed by atoms with Gasteiger partial charge in [-0.15, -0.1) is 0 Å². The van der Waals surface area contributed by atoms with Crippen molar-refractivity contribution >= 4 is 43.7 Å². The van der Waals surface area contributed by atoms with Crippen LogP contribution in [0.2, 0.25) is 0 Å². The fraction of sp³-hybridized carbons (Fsp3) is 0.0377. The maximum atomic E-state index is 6.92. The molecule has 0 spiro atoms. The molecule has 3 heterocycles. The first kappa shape index (κ1) is 32.6. The SMILES string of the molecule is c1ccc(-c2nc(-c3ccccc3)nc(-n3c4cc5c(-c6ccccc6)c(c4c4ccc6c7ccccc7oc6c43)-c3ccccc3CCc3ccccc3-5)n2)cc1. The van der Waals surface area contributed by atoms with Crippen molar-refractivity contribution in [1.82, 2.24) is 19.5 Å². The molecule has 0 aliphatic heterocycles. The number of para-hydroxylation sites is 1. The Balaban J connectivity index is 1.34. The minimum Gasteiger partial charge on any atom is -0.454 e.